The zero-order valence-electron chi connectivity index (χ0n) is 12.5. The van der Waals surface area contributed by atoms with Crippen LogP contribution in [0.25, 0.3) is 0 Å². The third-order valence-corrected chi connectivity index (χ3v) is 4.78. The number of carbonyl (C=O) groups is 3. The standard InChI is InChI=1S/C14H24N2O3S/c1-4-11(3)20-8-6-15-12(17)5-7-16-13(18)9-10(2)14(16)19/h10-11H,4-9H2,1-3H3,(H,15,17). The first-order chi connectivity index (χ1) is 9.45. The summed E-state index contributed by atoms with van der Waals surface area (Å²) in [5.41, 5.74) is 0. The number of amides is 3. The Kier molecular flexibility index (Phi) is 7.05. The quantitative estimate of drug-likeness (QED) is 0.544. The van der Waals surface area contributed by atoms with E-state index in [1.807, 2.05) is 11.8 Å². The molecule has 6 heteroatoms. The van der Waals surface area contributed by atoms with Gasteiger partial charge in [-0.2, -0.15) is 11.8 Å². The van der Waals surface area contributed by atoms with Crippen LogP contribution in [0.15, 0.2) is 0 Å². The highest BCUT2D eigenvalue weighted by Crippen LogP contribution is 2.18. The smallest absolute Gasteiger partial charge is 0.232 e. The fraction of sp³-hybridized carbons (Fsp3) is 0.786. The Morgan fingerprint density at radius 3 is 2.75 bits per heavy atom. The van der Waals surface area contributed by atoms with Crippen molar-refractivity contribution in [2.24, 2.45) is 5.92 Å². The lowest BCUT2D eigenvalue weighted by Gasteiger charge is -2.14. The van der Waals surface area contributed by atoms with Crippen LogP contribution in [0, 0.1) is 5.92 Å². The van der Waals surface area contributed by atoms with Crippen molar-refractivity contribution < 1.29 is 14.4 Å². The first-order valence-electron chi connectivity index (χ1n) is 7.18. The van der Waals surface area contributed by atoms with Crippen molar-refractivity contribution >= 4 is 29.5 Å². The van der Waals surface area contributed by atoms with Gasteiger partial charge in [-0.25, -0.2) is 0 Å². The van der Waals surface area contributed by atoms with Crippen LogP contribution in [0.4, 0.5) is 0 Å². The maximum absolute atomic E-state index is 11.7. The van der Waals surface area contributed by atoms with Gasteiger partial charge < -0.3 is 5.32 Å². The van der Waals surface area contributed by atoms with Crippen LogP contribution in [0.3, 0.4) is 0 Å². The minimum Gasteiger partial charge on any atom is -0.355 e. The van der Waals surface area contributed by atoms with E-state index < -0.39 is 0 Å². The number of rotatable bonds is 8. The Balaban J connectivity index is 2.17. The Morgan fingerprint density at radius 2 is 2.20 bits per heavy atom. The summed E-state index contributed by atoms with van der Waals surface area (Å²) < 4.78 is 0. The summed E-state index contributed by atoms with van der Waals surface area (Å²) in [6.07, 6.45) is 1.58. The summed E-state index contributed by atoms with van der Waals surface area (Å²) in [6, 6.07) is 0. The first-order valence-corrected chi connectivity index (χ1v) is 8.23. The molecule has 3 amide bonds. The van der Waals surface area contributed by atoms with E-state index in [-0.39, 0.29) is 43.0 Å². The van der Waals surface area contributed by atoms with Crippen LogP contribution in [0.5, 0.6) is 0 Å². The molecule has 1 saturated heterocycles. The van der Waals surface area contributed by atoms with Crippen LogP contribution in [-0.4, -0.2) is 46.7 Å². The van der Waals surface area contributed by atoms with Gasteiger partial charge in [0.1, 0.15) is 0 Å². The second-order valence-electron chi connectivity index (χ2n) is 5.18. The molecule has 1 aliphatic heterocycles. The second kappa shape index (κ2) is 8.29. The van der Waals surface area contributed by atoms with Crippen molar-refractivity contribution in [2.75, 3.05) is 18.8 Å². The summed E-state index contributed by atoms with van der Waals surface area (Å²) >= 11 is 1.83. The summed E-state index contributed by atoms with van der Waals surface area (Å²) in [7, 11) is 0. The van der Waals surface area contributed by atoms with Crippen LogP contribution >= 0.6 is 11.8 Å². The predicted octanol–water partition coefficient (Wildman–Crippen LogP) is 1.42. The zero-order valence-corrected chi connectivity index (χ0v) is 13.3. The van der Waals surface area contributed by atoms with Crippen molar-refractivity contribution in [3.05, 3.63) is 0 Å². The summed E-state index contributed by atoms with van der Waals surface area (Å²) in [4.78, 5) is 36.1. The van der Waals surface area contributed by atoms with E-state index in [9.17, 15) is 14.4 Å². The summed E-state index contributed by atoms with van der Waals surface area (Å²) in [5, 5.41) is 3.42. The molecule has 0 spiro atoms. The molecule has 114 valence electrons. The SMILES string of the molecule is CCC(C)SCCNC(=O)CCN1C(=O)CC(C)C1=O. The molecule has 1 heterocycles. The molecule has 0 bridgehead atoms. The molecule has 0 aromatic rings. The molecule has 0 aliphatic carbocycles. The highest BCUT2D eigenvalue weighted by molar-refractivity contribution is 7.99. The molecule has 1 aliphatic rings. The van der Waals surface area contributed by atoms with Gasteiger partial charge in [0.05, 0.1) is 0 Å². The average molecular weight is 300 g/mol. The van der Waals surface area contributed by atoms with Crippen LogP contribution in [0.2, 0.25) is 0 Å². The highest BCUT2D eigenvalue weighted by Gasteiger charge is 2.35. The molecule has 0 radical (unpaired) electrons. The van der Waals surface area contributed by atoms with Crippen LogP contribution in [-0.2, 0) is 14.4 Å². The minimum atomic E-state index is -0.238. The van der Waals surface area contributed by atoms with Crippen molar-refractivity contribution in [3.63, 3.8) is 0 Å². The zero-order chi connectivity index (χ0) is 15.1. The third kappa shape index (κ3) is 5.15. The number of thioether (sulfide) groups is 1. The molecule has 1 fully saturated rings. The Morgan fingerprint density at radius 1 is 1.50 bits per heavy atom. The number of carbonyl (C=O) groups excluding carboxylic acids is 3. The molecule has 20 heavy (non-hydrogen) atoms. The number of imide groups is 1. The van der Waals surface area contributed by atoms with Crippen molar-refractivity contribution in [3.8, 4) is 0 Å². The van der Waals surface area contributed by atoms with Gasteiger partial charge in [0.25, 0.3) is 0 Å². The normalized spacial score (nSPS) is 20.4. The number of nitrogens with zero attached hydrogens (tertiary/aromatic N) is 1. The molecule has 0 saturated carbocycles. The van der Waals surface area contributed by atoms with Crippen molar-refractivity contribution in [2.45, 2.75) is 45.3 Å². The number of hydrogen-bond donors (Lipinski definition) is 1. The average Bonchev–Trinajstić information content (AvgIpc) is 2.66. The van der Waals surface area contributed by atoms with Gasteiger partial charge in [0.2, 0.25) is 17.7 Å². The molecule has 2 atom stereocenters. The molecule has 0 aromatic heterocycles. The molecule has 1 N–H and O–H groups in total. The van der Waals surface area contributed by atoms with Gasteiger partial charge in [0, 0.05) is 42.9 Å². The van der Waals surface area contributed by atoms with E-state index in [0.29, 0.717) is 11.8 Å². The van der Waals surface area contributed by atoms with E-state index in [1.54, 1.807) is 6.92 Å². The fourth-order valence-corrected chi connectivity index (χ4v) is 2.81. The topological polar surface area (TPSA) is 66.5 Å². The van der Waals surface area contributed by atoms with Crippen molar-refractivity contribution in [1.82, 2.24) is 10.2 Å². The molecule has 1 rings (SSSR count). The fourth-order valence-electron chi connectivity index (χ4n) is 1.95. The van der Waals surface area contributed by atoms with Gasteiger partial charge in [-0.3, -0.25) is 19.3 Å². The predicted molar refractivity (Wildman–Crippen MR) is 80.3 cm³/mol. The lowest BCUT2D eigenvalue weighted by Crippen LogP contribution is -2.35. The molecule has 2 unspecified atom stereocenters. The Hall–Kier alpha value is -1.04. The molecule has 5 nitrogen and oxygen atoms in total. The van der Waals surface area contributed by atoms with Crippen LogP contribution < -0.4 is 5.32 Å². The molecular formula is C14H24N2O3S. The van der Waals surface area contributed by atoms with Gasteiger partial charge in [-0.1, -0.05) is 20.8 Å². The van der Waals surface area contributed by atoms with Gasteiger partial charge in [0.15, 0.2) is 0 Å². The monoisotopic (exact) mass is 300 g/mol. The number of likely N-dealkylation sites (tertiary alicyclic amines) is 1. The van der Waals surface area contributed by atoms with E-state index in [4.69, 9.17) is 0 Å². The summed E-state index contributed by atoms with van der Waals surface area (Å²) in [5.74, 6) is 0.226. The van der Waals surface area contributed by atoms with E-state index in [1.165, 1.54) is 4.90 Å². The largest absolute Gasteiger partial charge is 0.355 e. The van der Waals surface area contributed by atoms with Gasteiger partial charge >= 0.3 is 0 Å². The maximum atomic E-state index is 11.7. The Labute approximate surface area is 124 Å². The Bertz CT molecular complexity index is 373. The lowest BCUT2D eigenvalue weighted by molar-refractivity contribution is -0.139. The molecular weight excluding hydrogens is 276 g/mol. The maximum Gasteiger partial charge on any atom is 0.232 e. The first kappa shape index (κ1) is 17.0. The van der Waals surface area contributed by atoms with Gasteiger partial charge in [-0.15, -0.1) is 0 Å². The third-order valence-electron chi connectivity index (χ3n) is 3.43. The van der Waals surface area contributed by atoms with E-state index in [0.717, 1.165) is 12.2 Å². The minimum absolute atomic E-state index is 0.102. The highest BCUT2D eigenvalue weighted by atomic mass is 32.2. The van der Waals surface area contributed by atoms with Crippen molar-refractivity contribution in [1.29, 1.82) is 0 Å². The second-order valence-corrected chi connectivity index (χ2v) is 6.72. The van der Waals surface area contributed by atoms with E-state index in [2.05, 4.69) is 19.2 Å². The summed E-state index contributed by atoms with van der Waals surface area (Å²) in [6.45, 7) is 6.88. The van der Waals surface area contributed by atoms with Gasteiger partial charge in [-0.05, 0) is 6.42 Å². The molecule has 0 aromatic carbocycles. The number of nitrogens with one attached hydrogen (secondary N) is 1. The van der Waals surface area contributed by atoms with Crippen LogP contribution in [0.1, 0.15) is 40.0 Å². The lowest BCUT2D eigenvalue weighted by atomic mass is 10.1. The van der Waals surface area contributed by atoms with E-state index >= 15 is 0 Å². The number of hydrogen-bond acceptors (Lipinski definition) is 4.